The van der Waals surface area contributed by atoms with Crippen molar-refractivity contribution in [2.24, 2.45) is 7.05 Å². The lowest BCUT2D eigenvalue weighted by atomic mass is 10.3. The lowest BCUT2D eigenvalue weighted by molar-refractivity contribution is 0.570. The van der Waals surface area contributed by atoms with Crippen LogP contribution in [0.15, 0.2) is 35.4 Å². The maximum atomic E-state index is 13.5. The highest BCUT2D eigenvalue weighted by Gasteiger charge is 2.20. The lowest BCUT2D eigenvalue weighted by Crippen LogP contribution is -2.15. The van der Waals surface area contributed by atoms with Gasteiger partial charge in [0.2, 0.25) is 0 Å². The first kappa shape index (κ1) is 12.4. The minimum Gasteiger partial charge on any atom is -0.399 e. The molecule has 2 aromatic rings. The fraction of sp³-hybridized carbons (Fsp3) is 0.100. The number of nitrogens with two attached hydrogens (primary N) is 1. The van der Waals surface area contributed by atoms with E-state index in [4.69, 9.17) is 5.73 Å². The van der Waals surface area contributed by atoms with E-state index in [-0.39, 0.29) is 11.5 Å². The molecule has 6 nitrogen and oxygen atoms in total. The summed E-state index contributed by atoms with van der Waals surface area (Å²) >= 11 is 0. The molecule has 0 saturated carbocycles. The molecule has 96 valence electrons. The molecule has 18 heavy (non-hydrogen) atoms. The molecule has 1 heterocycles. The van der Waals surface area contributed by atoms with Crippen LogP contribution in [-0.2, 0) is 17.1 Å². The highest BCUT2D eigenvalue weighted by atomic mass is 32.2. The summed E-state index contributed by atoms with van der Waals surface area (Å²) in [5.41, 5.74) is 5.51. The number of nitrogens with zero attached hydrogens (tertiary/aromatic N) is 2. The summed E-state index contributed by atoms with van der Waals surface area (Å²) in [7, 11) is -2.36. The van der Waals surface area contributed by atoms with Crippen LogP contribution >= 0.6 is 0 Å². The number of hydrogen-bond donors (Lipinski definition) is 2. The van der Waals surface area contributed by atoms with Crippen molar-refractivity contribution in [2.45, 2.75) is 4.90 Å². The summed E-state index contributed by atoms with van der Waals surface area (Å²) in [6, 6.07) is 4.84. The van der Waals surface area contributed by atoms with Crippen molar-refractivity contribution in [1.82, 2.24) is 9.78 Å². The molecule has 2 rings (SSSR count). The maximum absolute atomic E-state index is 13.5. The molecule has 0 saturated heterocycles. The molecule has 3 N–H and O–H groups in total. The van der Waals surface area contributed by atoms with E-state index in [9.17, 15) is 12.8 Å². The van der Waals surface area contributed by atoms with Crippen molar-refractivity contribution < 1.29 is 12.8 Å². The summed E-state index contributed by atoms with van der Waals surface area (Å²) in [6.07, 6.45) is 1.57. The third-order valence-electron chi connectivity index (χ3n) is 2.20. The zero-order valence-corrected chi connectivity index (χ0v) is 10.3. The highest BCUT2D eigenvalue weighted by molar-refractivity contribution is 7.92. The first-order valence-corrected chi connectivity index (χ1v) is 6.44. The van der Waals surface area contributed by atoms with Crippen molar-refractivity contribution in [3.8, 4) is 0 Å². The predicted molar refractivity (Wildman–Crippen MR) is 64.8 cm³/mol. The van der Waals surface area contributed by atoms with E-state index in [1.165, 1.54) is 16.8 Å². The van der Waals surface area contributed by atoms with Gasteiger partial charge in [-0.1, -0.05) is 0 Å². The predicted octanol–water partition coefficient (Wildman–Crippen LogP) is 0.942. The summed E-state index contributed by atoms with van der Waals surface area (Å²) in [4.78, 5) is -0.470. The van der Waals surface area contributed by atoms with Gasteiger partial charge in [-0.25, -0.2) is 12.8 Å². The van der Waals surface area contributed by atoms with E-state index in [0.717, 1.165) is 12.1 Å². The van der Waals surface area contributed by atoms with Crippen LogP contribution in [0.5, 0.6) is 0 Å². The van der Waals surface area contributed by atoms with E-state index in [1.54, 1.807) is 13.2 Å². The van der Waals surface area contributed by atoms with Crippen LogP contribution in [0, 0.1) is 5.82 Å². The SMILES string of the molecule is Cn1ccc(NS(=O)(=O)c2ccc(N)cc2F)n1. The molecular weight excluding hydrogens is 259 g/mol. The van der Waals surface area contributed by atoms with Gasteiger partial charge in [-0.2, -0.15) is 5.10 Å². The molecule has 0 amide bonds. The van der Waals surface area contributed by atoms with E-state index in [2.05, 4.69) is 9.82 Å². The Balaban J connectivity index is 2.36. The van der Waals surface area contributed by atoms with Crippen LogP contribution in [0.3, 0.4) is 0 Å². The van der Waals surface area contributed by atoms with Gasteiger partial charge in [0.05, 0.1) is 0 Å². The molecule has 0 atom stereocenters. The fourth-order valence-corrected chi connectivity index (χ4v) is 2.45. The number of aryl methyl sites for hydroxylation is 1. The second kappa shape index (κ2) is 4.30. The van der Waals surface area contributed by atoms with Crippen LogP contribution in [0.1, 0.15) is 0 Å². The highest BCUT2D eigenvalue weighted by Crippen LogP contribution is 2.19. The normalized spacial score (nSPS) is 11.4. The van der Waals surface area contributed by atoms with Crippen LogP contribution in [0.2, 0.25) is 0 Å². The van der Waals surface area contributed by atoms with Crippen molar-refractivity contribution >= 4 is 21.5 Å². The minimum atomic E-state index is -4.00. The summed E-state index contributed by atoms with van der Waals surface area (Å²) in [6.45, 7) is 0. The van der Waals surface area contributed by atoms with Gasteiger partial charge in [0.1, 0.15) is 10.7 Å². The summed E-state index contributed by atoms with van der Waals surface area (Å²) in [5, 5.41) is 3.85. The first-order chi connectivity index (χ1) is 8.38. The number of halogens is 1. The number of aromatic nitrogens is 2. The Hall–Kier alpha value is -2.09. The smallest absolute Gasteiger partial charge is 0.266 e. The van der Waals surface area contributed by atoms with Gasteiger partial charge in [-0.05, 0) is 18.2 Å². The Morgan fingerprint density at radius 2 is 2.11 bits per heavy atom. The molecular formula is C10H11FN4O2S. The van der Waals surface area contributed by atoms with Gasteiger partial charge in [0, 0.05) is 25.0 Å². The molecule has 0 fully saturated rings. The van der Waals surface area contributed by atoms with Gasteiger partial charge in [-0.15, -0.1) is 0 Å². The van der Waals surface area contributed by atoms with E-state index < -0.39 is 20.7 Å². The molecule has 8 heteroatoms. The molecule has 1 aromatic carbocycles. The fourth-order valence-electron chi connectivity index (χ4n) is 1.40. The summed E-state index contributed by atoms with van der Waals surface area (Å²) < 4.78 is 40.9. The number of anilines is 2. The zero-order valence-electron chi connectivity index (χ0n) is 9.46. The van der Waals surface area contributed by atoms with Gasteiger partial charge in [0.25, 0.3) is 10.0 Å². The van der Waals surface area contributed by atoms with Gasteiger partial charge < -0.3 is 5.73 Å². The largest absolute Gasteiger partial charge is 0.399 e. The Bertz CT molecular complexity index is 681. The second-order valence-corrected chi connectivity index (χ2v) is 5.32. The third kappa shape index (κ3) is 2.43. The number of nitrogen functional groups attached to an aromatic ring is 1. The van der Waals surface area contributed by atoms with Gasteiger partial charge in [-0.3, -0.25) is 9.40 Å². The maximum Gasteiger partial charge on any atom is 0.266 e. The van der Waals surface area contributed by atoms with Crippen molar-refractivity contribution in [3.63, 3.8) is 0 Å². The van der Waals surface area contributed by atoms with Crippen molar-refractivity contribution in [2.75, 3.05) is 10.5 Å². The number of sulfonamides is 1. The standard InChI is InChI=1S/C10H11FN4O2S/c1-15-5-4-10(13-15)14-18(16,17)9-3-2-7(12)6-8(9)11/h2-6H,12H2,1H3,(H,13,14). The molecule has 0 aliphatic heterocycles. The molecule has 0 unspecified atom stereocenters. The van der Waals surface area contributed by atoms with Crippen LogP contribution in [0.25, 0.3) is 0 Å². The Kier molecular flexibility index (Phi) is 2.95. The summed E-state index contributed by atoms with van der Waals surface area (Å²) in [5.74, 6) is -0.785. The number of hydrogen-bond acceptors (Lipinski definition) is 4. The van der Waals surface area contributed by atoms with Gasteiger partial charge in [0.15, 0.2) is 5.82 Å². The minimum absolute atomic E-state index is 0.119. The topological polar surface area (TPSA) is 90.0 Å². The number of rotatable bonds is 3. The molecule has 0 spiro atoms. The number of nitrogens with one attached hydrogen (secondary N) is 1. The van der Waals surface area contributed by atoms with Gasteiger partial charge >= 0.3 is 0 Å². The Labute approximate surface area is 103 Å². The zero-order chi connectivity index (χ0) is 13.3. The average molecular weight is 270 g/mol. The monoisotopic (exact) mass is 270 g/mol. The average Bonchev–Trinajstić information content (AvgIpc) is 2.62. The molecule has 0 aliphatic rings. The van der Waals surface area contributed by atoms with E-state index >= 15 is 0 Å². The first-order valence-electron chi connectivity index (χ1n) is 4.96. The van der Waals surface area contributed by atoms with E-state index in [1.807, 2.05) is 0 Å². The molecule has 0 aliphatic carbocycles. The third-order valence-corrected chi connectivity index (χ3v) is 3.59. The molecule has 0 radical (unpaired) electrons. The Morgan fingerprint density at radius 3 is 2.67 bits per heavy atom. The van der Waals surface area contributed by atoms with Crippen LogP contribution in [-0.4, -0.2) is 18.2 Å². The van der Waals surface area contributed by atoms with Crippen LogP contribution in [0.4, 0.5) is 15.9 Å². The van der Waals surface area contributed by atoms with Crippen molar-refractivity contribution in [3.05, 3.63) is 36.3 Å². The van der Waals surface area contributed by atoms with Crippen molar-refractivity contribution in [1.29, 1.82) is 0 Å². The quantitative estimate of drug-likeness (QED) is 0.812. The lowest BCUT2D eigenvalue weighted by Gasteiger charge is -2.06. The number of benzene rings is 1. The van der Waals surface area contributed by atoms with Crippen LogP contribution < -0.4 is 10.5 Å². The molecule has 0 bridgehead atoms. The Morgan fingerprint density at radius 1 is 1.39 bits per heavy atom. The molecule has 1 aromatic heterocycles. The van der Waals surface area contributed by atoms with E-state index in [0.29, 0.717) is 0 Å². The second-order valence-electron chi connectivity index (χ2n) is 3.67.